The first-order valence-corrected chi connectivity index (χ1v) is 4.60. The Balaban J connectivity index is 2.60. The van der Waals surface area contributed by atoms with Crippen LogP contribution in [0, 0.1) is 0 Å². The van der Waals surface area contributed by atoms with Crippen molar-refractivity contribution < 1.29 is 13.7 Å². The molecule has 1 aromatic carbocycles. The zero-order valence-electron chi connectivity index (χ0n) is 7.10. The lowest BCUT2D eigenvalue weighted by Gasteiger charge is -1.99. The minimum atomic E-state index is -0.666. The van der Waals surface area contributed by atoms with E-state index >= 15 is 0 Å². The van der Waals surface area contributed by atoms with Crippen molar-refractivity contribution in [3.05, 3.63) is 30.3 Å². The second-order valence-electron chi connectivity index (χ2n) is 2.47. The van der Waals surface area contributed by atoms with Crippen LogP contribution < -0.4 is 4.74 Å². The summed E-state index contributed by atoms with van der Waals surface area (Å²) in [5.74, 6) is -0.0420. The molecule has 1 rings (SSSR count). The van der Waals surface area contributed by atoms with E-state index in [1.54, 1.807) is 24.3 Å². The summed E-state index contributed by atoms with van der Waals surface area (Å²) in [4.78, 5) is 11.1. The molecule has 0 radical (unpaired) electrons. The summed E-state index contributed by atoms with van der Waals surface area (Å²) in [6, 6.07) is 8.68. The molecule has 1 atom stereocenters. The maximum absolute atomic E-state index is 11.1. The van der Waals surface area contributed by atoms with Crippen molar-refractivity contribution in [3.8, 4) is 5.75 Å². The predicted molar refractivity (Wildman–Crippen MR) is 49.6 cm³/mol. The highest BCUT2D eigenvalue weighted by atomic mass is 32.1. The van der Waals surface area contributed by atoms with Crippen LogP contribution in [0.15, 0.2) is 30.3 Å². The van der Waals surface area contributed by atoms with Gasteiger partial charge >= 0.3 is 22.9 Å². The van der Waals surface area contributed by atoms with Gasteiger partial charge < -0.3 is 4.74 Å². The normalized spacial score (nSPS) is 11.8. The van der Waals surface area contributed by atoms with Gasteiger partial charge in [0.15, 0.2) is 0 Å². The monoisotopic (exact) mass is 197 g/mol. The fraction of sp³-hybridized carbons (Fsp3) is 0.222. The van der Waals surface area contributed by atoms with Crippen LogP contribution in [-0.2, 0) is 20.7 Å². The van der Waals surface area contributed by atoms with Crippen LogP contribution in [0.1, 0.15) is 6.92 Å². The molecule has 0 heterocycles. The number of carbonyl (C=O) groups is 1. The van der Waals surface area contributed by atoms with E-state index in [-0.39, 0.29) is 11.7 Å². The quantitative estimate of drug-likeness (QED) is 0.418. The number of benzene rings is 1. The molecular formula is C9H9O3S+. The van der Waals surface area contributed by atoms with Crippen molar-refractivity contribution in [1.82, 2.24) is 0 Å². The molecule has 68 valence electrons. The molecule has 0 aliphatic rings. The summed E-state index contributed by atoms with van der Waals surface area (Å²) in [6.07, 6.45) is 0. The Kier molecular flexibility index (Phi) is 3.52. The highest BCUT2D eigenvalue weighted by Gasteiger charge is 2.27. The lowest BCUT2D eigenvalue weighted by Crippen LogP contribution is -2.21. The van der Waals surface area contributed by atoms with Gasteiger partial charge in [0.2, 0.25) is 0 Å². The lowest BCUT2D eigenvalue weighted by atomic mass is 10.3. The van der Waals surface area contributed by atoms with Gasteiger partial charge in [-0.3, -0.25) is 0 Å². The zero-order valence-corrected chi connectivity index (χ0v) is 7.91. The highest BCUT2D eigenvalue weighted by molar-refractivity contribution is 7.67. The summed E-state index contributed by atoms with van der Waals surface area (Å²) in [5.41, 5.74) is 0. The fourth-order valence-corrected chi connectivity index (χ4v) is 0.854. The second kappa shape index (κ2) is 4.67. The highest BCUT2D eigenvalue weighted by Crippen LogP contribution is 2.09. The Labute approximate surface area is 80.2 Å². The van der Waals surface area contributed by atoms with E-state index in [0.29, 0.717) is 5.75 Å². The average molecular weight is 197 g/mol. The third kappa shape index (κ3) is 2.91. The number of hydrogen-bond acceptors (Lipinski definition) is 3. The van der Waals surface area contributed by atoms with E-state index in [9.17, 15) is 9.00 Å². The summed E-state index contributed by atoms with van der Waals surface area (Å²) < 4.78 is 15.2. The van der Waals surface area contributed by atoms with Gasteiger partial charge in [0.05, 0.1) is 0 Å². The number of hydrogen-bond donors (Lipinski definition) is 0. The molecule has 1 unspecified atom stereocenters. The van der Waals surface area contributed by atoms with Gasteiger partial charge in [-0.1, -0.05) is 18.2 Å². The molecule has 0 saturated carbocycles. The van der Waals surface area contributed by atoms with E-state index in [1.807, 2.05) is 6.07 Å². The van der Waals surface area contributed by atoms with Crippen LogP contribution in [0.2, 0.25) is 0 Å². The Bertz CT molecular complexity index is 297. The molecule has 0 aromatic heterocycles. The Hall–Kier alpha value is -1.29. The number of rotatable bonds is 3. The van der Waals surface area contributed by atoms with E-state index in [2.05, 4.69) is 0 Å². The molecule has 13 heavy (non-hydrogen) atoms. The molecule has 0 aliphatic carbocycles. The zero-order chi connectivity index (χ0) is 9.68. The van der Waals surface area contributed by atoms with Gasteiger partial charge in [-0.05, 0) is 12.1 Å². The van der Waals surface area contributed by atoms with Crippen molar-refractivity contribution in [2.24, 2.45) is 0 Å². The van der Waals surface area contributed by atoms with Crippen molar-refractivity contribution in [2.45, 2.75) is 12.2 Å². The number of carbonyl (C=O) groups excluding carboxylic acids is 1. The van der Waals surface area contributed by atoms with E-state index in [1.165, 1.54) is 6.92 Å². The van der Waals surface area contributed by atoms with Gasteiger partial charge in [-0.2, -0.15) is 0 Å². The van der Waals surface area contributed by atoms with Gasteiger partial charge in [0.1, 0.15) is 5.75 Å². The molecule has 0 fully saturated rings. The first kappa shape index (κ1) is 9.80. The molecular weight excluding hydrogens is 188 g/mol. The molecule has 0 saturated heterocycles. The molecule has 4 heteroatoms. The molecule has 0 aliphatic heterocycles. The summed E-state index contributed by atoms with van der Waals surface area (Å²) >= 11 is 0.228. The van der Waals surface area contributed by atoms with Crippen LogP contribution in [-0.4, -0.2) is 11.2 Å². The Morgan fingerprint density at radius 3 is 2.54 bits per heavy atom. The predicted octanol–water partition coefficient (Wildman–Crippen LogP) is 1.41. The van der Waals surface area contributed by atoms with E-state index in [0.717, 1.165) is 0 Å². The smallest absolute Gasteiger partial charge is 0.422 e. The van der Waals surface area contributed by atoms with Gasteiger partial charge in [0.25, 0.3) is 0 Å². The summed E-state index contributed by atoms with van der Waals surface area (Å²) in [7, 11) is 0. The second-order valence-corrected chi connectivity index (χ2v) is 3.37. The molecule has 0 N–H and O–H groups in total. The standard InChI is InChI=1S/C9H9O3S/c1-7(13-11)9(10)12-8-5-3-2-4-6-8/h2-7H,1H3/q+1. The minimum absolute atomic E-state index is 0.228. The average Bonchev–Trinajstić information content (AvgIpc) is 2.18. The number of ether oxygens (including phenoxy) is 1. The largest absolute Gasteiger partial charge is 0.474 e. The number of esters is 1. The Morgan fingerprint density at radius 2 is 2.00 bits per heavy atom. The van der Waals surface area contributed by atoms with Crippen molar-refractivity contribution >= 4 is 17.6 Å². The first-order chi connectivity index (χ1) is 6.24. The maximum atomic E-state index is 11.1. The van der Waals surface area contributed by atoms with Gasteiger partial charge in [-0.15, -0.1) is 0 Å². The van der Waals surface area contributed by atoms with Gasteiger partial charge in [0, 0.05) is 11.1 Å². The lowest BCUT2D eigenvalue weighted by molar-refractivity contribution is -0.133. The van der Waals surface area contributed by atoms with Crippen molar-refractivity contribution in [2.75, 3.05) is 0 Å². The summed E-state index contributed by atoms with van der Waals surface area (Å²) in [5, 5.41) is -0.666. The molecule has 0 spiro atoms. The topological polar surface area (TPSA) is 43.4 Å². The van der Waals surface area contributed by atoms with Crippen LogP contribution in [0.5, 0.6) is 5.75 Å². The van der Waals surface area contributed by atoms with Crippen LogP contribution >= 0.6 is 0 Å². The van der Waals surface area contributed by atoms with Crippen LogP contribution in [0.25, 0.3) is 0 Å². The SMILES string of the molecule is CC([S+]=O)C(=O)Oc1ccccc1. The molecule has 3 nitrogen and oxygen atoms in total. The number of para-hydroxylation sites is 1. The van der Waals surface area contributed by atoms with E-state index in [4.69, 9.17) is 4.74 Å². The van der Waals surface area contributed by atoms with Crippen molar-refractivity contribution in [3.63, 3.8) is 0 Å². The molecule has 1 aromatic rings. The van der Waals surface area contributed by atoms with E-state index < -0.39 is 11.2 Å². The van der Waals surface area contributed by atoms with Crippen molar-refractivity contribution in [1.29, 1.82) is 0 Å². The van der Waals surface area contributed by atoms with Gasteiger partial charge in [-0.25, -0.2) is 4.79 Å². The third-order valence-corrected chi connectivity index (χ3v) is 1.92. The third-order valence-electron chi connectivity index (χ3n) is 1.44. The van der Waals surface area contributed by atoms with Crippen LogP contribution in [0.3, 0.4) is 0 Å². The van der Waals surface area contributed by atoms with Crippen LogP contribution in [0.4, 0.5) is 0 Å². The summed E-state index contributed by atoms with van der Waals surface area (Å²) in [6.45, 7) is 1.52. The minimum Gasteiger partial charge on any atom is -0.422 e. The first-order valence-electron chi connectivity index (χ1n) is 3.79. The molecule has 0 amide bonds. The maximum Gasteiger partial charge on any atom is 0.474 e. The Morgan fingerprint density at radius 1 is 1.38 bits per heavy atom. The fourth-order valence-electron chi connectivity index (χ4n) is 0.727. The molecule has 0 bridgehead atoms.